The second-order valence-electron chi connectivity index (χ2n) is 4.94. The maximum Gasteiger partial charge on any atom is 0.142 e. The lowest BCUT2D eigenvalue weighted by Gasteiger charge is -2.19. The van der Waals surface area contributed by atoms with Crippen LogP contribution in [0.1, 0.15) is 29.7 Å². The highest BCUT2D eigenvalue weighted by molar-refractivity contribution is 9.10. The van der Waals surface area contributed by atoms with Gasteiger partial charge >= 0.3 is 0 Å². The van der Waals surface area contributed by atoms with E-state index in [2.05, 4.69) is 52.4 Å². The first kappa shape index (κ1) is 15.2. The van der Waals surface area contributed by atoms with Crippen LogP contribution < -0.4 is 5.32 Å². The maximum absolute atomic E-state index is 14.3. The Labute approximate surface area is 128 Å². The number of aryl methyl sites for hydroxylation is 1. The molecule has 2 aromatic carbocycles. The van der Waals surface area contributed by atoms with Gasteiger partial charge in [0, 0.05) is 11.6 Å². The van der Waals surface area contributed by atoms with E-state index in [0.29, 0.717) is 10.0 Å². The van der Waals surface area contributed by atoms with Gasteiger partial charge in [-0.3, -0.25) is 0 Å². The number of nitrogens with one attached hydrogen (secondary N) is 1. The average Bonchev–Trinajstić information content (AvgIpc) is 2.44. The number of hydrogen-bond acceptors (Lipinski definition) is 1. The van der Waals surface area contributed by atoms with Gasteiger partial charge in [-0.15, -0.1) is 0 Å². The predicted molar refractivity (Wildman–Crippen MR) is 85.4 cm³/mol. The Bertz CT molecular complexity index is 566. The van der Waals surface area contributed by atoms with Crippen LogP contribution in [0.25, 0.3) is 0 Å². The third kappa shape index (κ3) is 3.68. The molecule has 0 radical (unpaired) electrons. The monoisotopic (exact) mass is 335 g/mol. The van der Waals surface area contributed by atoms with Crippen molar-refractivity contribution in [2.24, 2.45) is 0 Å². The second kappa shape index (κ2) is 7.00. The van der Waals surface area contributed by atoms with Gasteiger partial charge in [-0.1, -0.05) is 48.9 Å². The summed E-state index contributed by atoms with van der Waals surface area (Å²) in [5.41, 5.74) is 3.16. The molecule has 1 atom stereocenters. The van der Waals surface area contributed by atoms with Gasteiger partial charge in [0.15, 0.2) is 0 Å². The van der Waals surface area contributed by atoms with E-state index >= 15 is 0 Å². The summed E-state index contributed by atoms with van der Waals surface area (Å²) in [7, 11) is 0. The van der Waals surface area contributed by atoms with E-state index in [1.807, 2.05) is 19.1 Å². The highest BCUT2D eigenvalue weighted by Crippen LogP contribution is 2.26. The number of halogens is 2. The Hall–Kier alpha value is -1.19. The summed E-state index contributed by atoms with van der Waals surface area (Å²) in [6.07, 6.45) is 0.779. The van der Waals surface area contributed by atoms with E-state index in [1.165, 1.54) is 11.1 Å². The van der Waals surface area contributed by atoms with Crippen LogP contribution in [-0.2, 0) is 6.42 Å². The summed E-state index contributed by atoms with van der Waals surface area (Å²) < 4.78 is 14.8. The van der Waals surface area contributed by atoms with E-state index in [9.17, 15) is 4.39 Å². The van der Waals surface area contributed by atoms with Crippen LogP contribution in [0.3, 0.4) is 0 Å². The lowest BCUT2D eigenvalue weighted by Crippen LogP contribution is -2.24. The SMILES string of the molecule is CCNC(Cc1ccc(C)cc1)c1cccc(Br)c1F. The third-order valence-corrected chi connectivity index (χ3v) is 3.98. The van der Waals surface area contributed by atoms with E-state index in [4.69, 9.17) is 0 Å². The smallest absolute Gasteiger partial charge is 0.142 e. The Kier molecular flexibility index (Phi) is 5.32. The van der Waals surface area contributed by atoms with E-state index in [0.717, 1.165) is 13.0 Å². The quantitative estimate of drug-likeness (QED) is 0.828. The first-order chi connectivity index (χ1) is 9.61. The number of hydrogen-bond donors (Lipinski definition) is 1. The van der Waals surface area contributed by atoms with Crippen LogP contribution in [-0.4, -0.2) is 6.54 Å². The topological polar surface area (TPSA) is 12.0 Å². The van der Waals surface area contributed by atoms with E-state index < -0.39 is 0 Å². The van der Waals surface area contributed by atoms with Crippen LogP contribution in [0.2, 0.25) is 0 Å². The van der Waals surface area contributed by atoms with Crippen molar-refractivity contribution in [1.82, 2.24) is 5.32 Å². The van der Waals surface area contributed by atoms with Crippen LogP contribution >= 0.6 is 15.9 Å². The average molecular weight is 336 g/mol. The lowest BCUT2D eigenvalue weighted by atomic mass is 9.98. The van der Waals surface area contributed by atoms with Crippen molar-refractivity contribution in [3.63, 3.8) is 0 Å². The van der Waals surface area contributed by atoms with Gasteiger partial charge in [0.05, 0.1) is 4.47 Å². The molecule has 3 heteroatoms. The molecular formula is C17H19BrFN. The molecule has 106 valence electrons. The lowest BCUT2D eigenvalue weighted by molar-refractivity contribution is 0.507. The third-order valence-electron chi connectivity index (χ3n) is 3.37. The maximum atomic E-state index is 14.3. The highest BCUT2D eigenvalue weighted by Gasteiger charge is 2.16. The molecule has 1 N–H and O–H groups in total. The summed E-state index contributed by atoms with van der Waals surface area (Å²) in [6.45, 7) is 4.92. The zero-order chi connectivity index (χ0) is 14.5. The molecule has 0 saturated carbocycles. The van der Waals surface area contributed by atoms with Crippen molar-refractivity contribution in [3.05, 3.63) is 69.4 Å². The molecule has 0 aromatic heterocycles. The molecule has 0 amide bonds. The minimum atomic E-state index is -0.175. The molecule has 0 aliphatic carbocycles. The van der Waals surface area contributed by atoms with Crippen molar-refractivity contribution in [1.29, 1.82) is 0 Å². The Morgan fingerprint density at radius 3 is 2.50 bits per heavy atom. The minimum Gasteiger partial charge on any atom is -0.310 e. The molecule has 20 heavy (non-hydrogen) atoms. The van der Waals surface area contributed by atoms with Crippen molar-refractivity contribution < 1.29 is 4.39 Å². The van der Waals surface area contributed by atoms with Crippen molar-refractivity contribution in [2.75, 3.05) is 6.54 Å². The second-order valence-corrected chi connectivity index (χ2v) is 5.80. The molecular weight excluding hydrogens is 317 g/mol. The van der Waals surface area contributed by atoms with Gasteiger partial charge in [0.1, 0.15) is 5.82 Å². The van der Waals surface area contributed by atoms with Gasteiger partial charge in [0.25, 0.3) is 0 Å². The molecule has 1 nitrogen and oxygen atoms in total. The molecule has 0 heterocycles. The van der Waals surface area contributed by atoms with Gasteiger partial charge < -0.3 is 5.32 Å². The van der Waals surface area contributed by atoms with Crippen LogP contribution in [0.5, 0.6) is 0 Å². The van der Waals surface area contributed by atoms with Crippen LogP contribution in [0, 0.1) is 12.7 Å². The number of rotatable bonds is 5. The molecule has 0 spiro atoms. The fourth-order valence-electron chi connectivity index (χ4n) is 2.29. The van der Waals surface area contributed by atoms with E-state index in [-0.39, 0.29) is 11.9 Å². The molecule has 0 bridgehead atoms. The summed E-state index contributed by atoms with van der Waals surface area (Å²) in [6, 6.07) is 13.8. The van der Waals surface area contributed by atoms with Crippen molar-refractivity contribution in [2.45, 2.75) is 26.3 Å². The Balaban J connectivity index is 2.26. The Morgan fingerprint density at radius 1 is 1.15 bits per heavy atom. The fraction of sp³-hybridized carbons (Fsp3) is 0.294. The summed E-state index contributed by atoms with van der Waals surface area (Å²) in [4.78, 5) is 0. The number of likely N-dealkylation sites (N-methyl/N-ethyl adjacent to an activating group) is 1. The first-order valence-corrected chi connectivity index (χ1v) is 7.64. The van der Waals surface area contributed by atoms with Gasteiger partial charge in [-0.2, -0.15) is 0 Å². The molecule has 0 saturated heterocycles. The summed E-state index contributed by atoms with van der Waals surface area (Å²) in [5.74, 6) is -0.175. The van der Waals surface area contributed by atoms with Crippen LogP contribution in [0.4, 0.5) is 4.39 Å². The normalized spacial score (nSPS) is 12.4. The molecule has 0 aliphatic heterocycles. The Morgan fingerprint density at radius 2 is 1.85 bits per heavy atom. The minimum absolute atomic E-state index is 0.0137. The summed E-state index contributed by atoms with van der Waals surface area (Å²) >= 11 is 3.26. The van der Waals surface area contributed by atoms with Gasteiger partial charge in [-0.05, 0) is 47.4 Å². The molecule has 0 fully saturated rings. The van der Waals surface area contributed by atoms with Crippen LogP contribution in [0.15, 0.2) is 46.9 Å². The highest BCUT2D eigenvalue weighted by atomic mass is 79.9. The standard InChI is InChI=1S/C17H19BrFN/c1-3-20-16(11-13-9-7-12(2)8-10-13)14-5-4-6-15(18)17(14)19/h4-10,16,20H,3,11H2,1-2H3. The number of benzene rings is 2. The predicted octanol–water partition coefficient (Wildman–Crippen LogP) is 4.79. The molecule has 0 aliphatic rings. The molecule has 2 rings (SSSR count). The van der Waals surface area contributed by atoms with Gasteiger partial charge in [-0.25, -0.2) is 4.39 Å². The first-order valence-electron chi connectivity index (χ1n) is 6.84. The fourth-order valence-corrected chi connectivity index (χ4v) is 2.67. The molecule has 1 unspecified atom stereocenters. The summed E-state index contributed by atoms with van der Waals surface area (Å²) in [5, 5.41) is 3.37. The van der Waals surface area contributed by atoms with Gasteiger partial charge in [0.2, 0.25) is 0 Å². The molecule has 2 aromatic rings. The van der Waals surface area contributed by atoms with Crippen molar-refractivity contribution in [3.8, 4) is 0 Å². The zero-order valence-corrected chi connectivity index (χ0v) is 13.4. The van der Waals surface area contributed by atoms with Crippen molar-refractivity contribution >= 4 is 15.9 Å². The largest absolute Gasteiger partial charge is 0.310 e. The van der Waals surface area contributed by atoms with E-state index in [1.54, 1.807) is 6.07 Å². The zero-order valence-electron chi connectivity index (χ0n) is 11.8.